The molecule has 2 heterocycles. The highest BCUT2D eigenvalue weighted by molar-refractivity contribution is 5.82. The predicted molar refractivity (Wildman–Crippen MR) is 76.0 cm³/mol. The maximum Gasteiger partial charge on any atom is 0.237 e. The summed E-state index contributed by atoms with van der Waals surface area (Å²) in [6.07, 6.45) is 5.51. The highest BCUT2D eigenvalue weighted by Gasteiger charge is 2.28. The first-order valence-electron chi connectivity index (χ1n) is 7.82. The van der Waals surface area contributed by atoms with Crippen molar-refractivity contribution in [3.63, 3.8) is 0 Å². The molecule has 3 atom stereocenters. The molecule has 2 aliphatic rings. The van der Waals surface area contributed by atoms with E-state index >= 15 is 0 Å². The minimum absolute atomic E-state index is 0.0148. The summed E-state index contributed by atoms with van der Waals surface area (Å²) < 4.78 is 5.37. The van der Waals surface area contributed by atoms with E-state index in [1.165, 1.54) is 12.8 Å². The topological polar surface area (TPSA) is 50.4 Å². The third-order valence-electron chi connectivity index (χ3n) is 4.75. The molecule has 4 heteroatoms. The smallest absolute Gasteiger partial charge is 0.237 e. The first-order valence-corrected chi connectivity index (χ1v) is 7.82. The maximum atomic E-state index is 12.3. The molecule has 0 aromatic rings. The van der Waals surface area contributed by atoms with Gasteiger partial charge in [0.15, 0.2) is 0 Å². The van der Waals surface area contributed by atoms with Crippen molar-refractivity contribution in [1.82, 2.24) is 10.6 Å². The standard InChI is InChI=1S/C15H28N2O2/c1-3-12-4-7-16-14(10-12)15(18)17-11(2)13-5-8-19-9-6-13/h11-14,16H,3-10H2,1-2H3,(H,17,18). The molecule has 0 aliphatic carbocycles. The van der Waals surface area contributed by atoms with Crippen molar-refractivity contribution in [1.29, 1.82) is 0 Å². The van der Waals surface area contributed by atoms with E-state index in [1.54, 1.807) is 0 Å². The van der Waals surface area contributed by atoms with Crippen LogP contribution in [-0.4, -0.2) is 37.7 Å². The van der Waals surface area contributed by atoms with Gasteiger partial charge in [-0.2, -0.15) is 0 Å². The number of carbonyl (C=O) groups excluding carboxylic acids is 1. The van der Waals surface area contributed by atoms with Crippen LogP contribution in [0.3, 0.4) is 0 Å². The fourth-order valence-electron chi connectivity index (χ4n) is 3.23. The summed E-state index contributed by atoms with van der Waals surface area (Å²) in [5.74, 6) is 1.47. The Bertz CT molecular complexity index is 290. The van der Waals surface area contributed by atoms with Crippen molar-refractivity contribution in [3.05, 3.63) is 0 Å². The van der Waals surface area contributed by atoms with Crippen LogP contribution in [0.25, 0.3) is 0 Å². The van der Waals surface area contributed by atoms with Crippen molar-refractivity contribution in [2.24, 2.45) is 11.8 Å². The van der Waals surface area contributed by atoms with E-state index in [1.807, 2.05) is 0 Å². The maximum absolute atomic E-state index is 12.3. The lowest BCUT2D eigenvalue weighted by Crippen LogP contribution is -2.52. The van der Waals surface area contributed by atoms with Crippen molar-refractivity contribution < 1.29 is 9.53 Å². The summed E-state index contributed by atoms with van der Waals surface area (Å²) in [5.41, 5.74) is 0. The molecule has 19 heavy (non-hydrogen) atoms. The second-order valence-electron chi connectivity index (χ2n) is 6.05. The fourth-order valence-corrected chi connectivity index (χ4v) is 3.23. The van der Waals surface area contributed by atoms with Gasteiger partial charge in [-0.15, -0.1) is 0 Å². The van der Waals surface area contributed by atoms with Gasteiger partial charge in [0.2, 0.25) is 5.91 Å². The van der Waals surface area contributed by atoms with E-state index in [-0.39, 0.29) is 18.0 Å². The molecule has 4 nitrogen and oxygen atoms in total. The van der Waals surface area contributed by atoms with Crippen LogP contribution in [0.4, 0.5) is 0 Å². The minimum atomic E-state index is 0.0148. The number of amides is 1. The van der Waals surface area contributed by atoms with Gasteiger partial charge in [0.25, 0.3) is 0 Å². The van der Waals surface area contributed by atoms with Gasteiger partial charge < -0.3 is 15.4 Å². The van der Waals surface area contributed by atoms with Crippen molar-refractivity contribution in [2.75, 3.05) is 19.8 Å². The van der Waals surface area contributed by atoms with Crippen LogP contribution in [0.1, 0.15) is 46.0 Å². The third kappa shape index (κ3) is 4.18. The molecular weight excluding hydrogens is 240 g/mol. The Balaban J connectivity index is 1.79. The van der Waals surface area contributed by atoms with Crippen LogP contribution in [0.15, 0.2) is 0 Å². The molecule has 110 valence electrons. The first-order chi connectivity index (χ1) is 9.20. The van der Waals surface area contributed by atoms with Crippen LogP contribution in [-0.2, 0) is 9.53 Å². The zero-order valence-corrected chi connectivity index (χ0v) is 12.3. The second-order valence-corrected chi connectivity index (χ2v) is 6.05. The van der Waals surface area contributed by atoms with Gasteiger partial charge in [-0.3, -0.25) is 4.79 Å². The Morgan fingerprint density at radius 2 is 2.11 bits per heavy atom. The van der Waals surface area contributed by atoms with Gasteiger partial charge in [-0.1, -0.05) is 13.3 Å². The Kier molecular flexibility index (Phi) is 5.64. The average molecular weight is 268 g/mol. The molecule has 3 unspecified atom stereocenters. The Labute approximate surface area is 116 Å². The van der Waals surface area contributed by atoms with Crippen LogP contribution in [0.5, 0.6) is 0 Å². The molecule has 0 aromatic heterocycles. The lowest BCUT2D eigenvalue weighted by molar-refractivity contribution is -0.125. The highest BCUT2D eigenvalue weighted by Crippen LogP contribution is 2.21. The highest BCUT2D eigenvalue weighted by atomic mass is 16.5. The molecule has 0 bridgehead atoms. The molecule has 2 saturated heterocycles. The minimum Gasteiger partial charge on any atom is -0.381 e. The third-order valence-corrected chi connectivity index (χ3v) is 4.75. The average Bonchev–Trinajstić information content (AvgIpc) is 2.48. The van der Waals surface area contributed by atoms with Gasteiger partial charge in [-0.25, -0.2) is 0 Å². The number of hydrogen-bond donors (Lipinski definition) is 2. The normalized spacial score (nSPS) is 30.8. The van der Waals surface area contributed by atoms with E-state index < -0.39 is 0 Å². The number of piperidine rings is 1. The van der Waals surface area contributed by atoms with E-state index in [0.717, 1.165) is 39.0 Å². The van der Waals surface area contributed by atoms with E-state index in [0.29, 0.717) is 11.8 Å². The van der Waals surface area contributed by atoms with Gasteiger partial charge in [0.05, 0.1) is 6.04 Å². The Morgan fingerprint density at radius 1 is 1.37 bits per heavy atom. The monoisotopic (exact) mass is 268 g/mol. The van der Waals surface area contributed by atoms with E-state index in [9.17, 15) is 4.79 Å². The SMILES string of the molecule is CCC1CCNC(C(=O)NC(C)C2CCOCC2)C1. The van der Waals surface area contributed by atoms with Gasteiger partial charge in [-0.05, 0) is 51.0 Å². The van der Waals surface area contributed by atoms with Gasteiger partial charge in [0, 0.05) is 19.3 Å². The summed E-state index contributed by atoms with van der Waals surface area (Å²) in [6.45, 7) is 7.00. The summed E-state index contributed by atoms with van der Waals surface area (Å²) in [7, 11) is 0. The number of ether oxygens (including phenoxy) is 1. The summed E-state index contributed by atoms with van der Waals surface area (Å²) >= 11 is 0. The molecule has 2 aliphatic heterocycles. The summed E-state index contributed by atoms with van der Waals surface area (Å²) in [4.78, 5) is 12.3. The van der Waals surface area contributed by atoms with E-state index in [2.05, 4.69) is 24.5 Å². The molecular formula is C15H28N2O2. The van der Waals surface area contributed by atoms with Crippen molar-refractivity contribution in [2.45, 2.75) is 58.0 Å². The molecule has 2 N–H and O–H groups in total. The molecule has 0 aromatic carbocycles. The Hall–Kier alpha value is -0.610. The first kappa shape index (κ1) is 14.8. The Morgan fingerprint density at radius 3 is 2.79 bits per heavy atom. The second kappa shape index (κ2) is 7.25. The zero-order chi connectivity index (χ0) is 13.7. The molecule has 0 radical (unpaired) electrons. The van der Waals surface area contributed by atoms with Crippen LogP contribution >= 0.6 is 0 Å². The zero-order valence-electron chi connectivity index (χ0n) is 12.3. The van der Waals surface area contributed by atoms with Crippen LogP contribution in [0, 0.1) is 11.8 Å². The molecule has 0 saturated carbocycles. The predicted octanol–water partition coefficient (Wildman–Crippen LogP) is 1.70. The summed E-state index contributed by atoms with van der Waals surface area (Å²) in [6, 6.07) is 0.279. The fraction of sp³-hybridized carbons (Fsp3) is 0.933. The van der Waals surface area contributed by atoms with Crippen LogP contribution in [0.2, 0.25) is 0 Å². The molecule has 0 spiro atoms. The van der Waals surface area contributed by atoms with Gasteiger partial charge in [0.1, 0.15) is 0 Å². The molecule has 2 rings (SSSR count). The van der Waals surface area contributed by atoms with E-state index in [4.69, 9.17) is 4.74 Å². The number of rotatable bonds is 4. The number of nitrogens with one attached hydrogen (secondary N) is 2. The lowest BCUT2D eigenvalue weighted by atomic mass is 9.89. The molecule has 2 fully saturated rings. The van der Waals surface area contributed by atoms with Gasteiger partial charge >= 0.3 is 0 Å². The van der Waals surface area contributed by atoms with Crippen LogP contribution < -0.4 is 10.6 Å². The van der Waals surface area contributed by atoms with Crippen molar-refractivity contribution in [3.8, 4) is 0 Å². The molecule has 1 amide bonds. The van der Waals surface area contributed by atoms with Crippen molar-refractivity contribution >= 4 is 5.91 Å². The number of hydrogen-bond acceptors (Lipinski definition) is 3. The lowest BCUT2D eigenvalue weighted by Gasteiger charge is -2.32. The number of carbonyl (C=O) groups is 1. The quantitative estimate of drug-likeness (QED) is 0.816. The summed E-state index contributed by atoms with van der Waals surface area (Å²) in [5, 5.41) is 6.56. The largest absolute Gasteiger partial charge is 0.381 e.